The fourth-order valence-corrected chi connectivity index (χ4v) is 6.21. The van der Waals surface area contributed by atoms with Crippen molar-refractivity contribution in [1.82, 2.24) is 19.9 Å². The highest BCUT2D eigenvalue weighted by molar-refractivity contribution is 5.99. The van der Waals surface area contributed by atoms with E-state index >= 15 is 0 Å². The van der Waals surface area contributed by atoms with Crippen molar-refractivity contribution in [1.29, 1.82) is 0 Å². The number of carbonyl (C=O) groups is 1. The first-order valence-corrected chi connectivity index (χ1v) is 12.0. The second kappa shape index (κ2) is 8.19. The summed E-state index contributed by atoms with van der Waals surface area (Å²) in [5, 5.41) is 3.46. The lowest BCUT2D eigenvalue weighted by molar-refractivity contribution is -0.159. The molecule has 1 saturated carbocycles. The van der Waals surface area contributed by atoms with Crippen LogP contribution in [-0.2, 0) is 12.7 Å². The second-order valence-corrected chi connectivity index (χ2v) is 9.73. The molecule has 3 aliphatic rings. The summed E-state index contributed by atoms with van der Waals surface area (Å²) in [5.74, 6) is -1.08. The molecule has 2 fully saturated rings. The number of amides is 1. The van der Waals surface area contributed by atoms with Crippen molar-refractivity contribution >= 4 is 5.91 Å². The maximum atomic E-state index is 13.5. The van der Waals surface area contributed by atoms with Gasteiger partial charge in [-0.15, -0.1) is 0 Å². The highest BCUT2D eigenvalue weighted by atomic mass is 19.4. The lowest BCUT2D eigenvalue weighted by Gasteiger charge is -2.38. The van der Waals surface area contributed by atoms with Crippen molar-refractivity contribution in [3.63, 3.8) is 0 Å². The summed E-state index contributed by atoms with van der Waals surface area (Å²) in [4.78, 5) is 21.5. The van der Waals surface area contributed by atoms with Crippen LogP contribution in [0.4, 0.5) is 13.2 Å². The molecule has 0 radical (unpaired) electrons. The van der Waals surface area contributed by atoms with E-state index in [1.807, 2.05) is 11.0 Å². The highest BCUT2D eigenvalue weighted by Crippen LogP contribution is 2.45. The zero-order valence-electron chi connectivity index (χ0n) is 19.2. The summed E-state index contributed by atoms with van der Waals surface area (Å²) in [6, 6.07) is 16.2. The van der Waals surface area contributed by atoms with Gasteiger partial charge in [-0.1, -0.05) is 47.6 Å². The molecule has 0 N–H and O–H groups in total. The Kier molecular flexibility index (Phi) is 5.21. The molecule has 4 atom stereocenters. The number of alkyl halides is 3. The number of rotatable bonds is 4. The summed E-state index contributed by atoms with van der Waals surface area (Å²) in [6.45, 7) is 3.76. The maximum Gasteiger partial charge on any atom is 0.471 e. The molecule has 1 aromatic heterocycles. The first-order chi connectivity index (χ1) is 16.8. The number of nitrogens with zero attached hydrogens (tertiary/aromatic N) is 4. The standard InChI is InChI=1S/C26H25F3N4O2/c1-15(16-5-3-2-4-6-16)32-12-11-17-9-10-21(22(17)32)33-14-19-8-7-18(13-20(19)24(33)34)23-30-25(35-31-23)26(27,28)29/h2-8,13,15,17,21-22H,9-12,14H2,1H3/t15?,17-,21+,22+/m1/s1. The number of carbonyl (C=O) groups excluding carboxylic acids is 1. The molecule has 9 heteroatoms. The molecule has 6 nitrogen and oxygen atoms in total. The molecule has 1 amide bonds. The Morgan fingerprint density at radius 1 is 1.09 bits per heavy atom. The lowest BCUT2D eigenvalue weighted by Crippen LogP contribution is -2.48. The van der Waals surface area contributed by atoms with Crippen LogP contribution in [0.3, 0.4) is 0 Å². The van der Waals surface area contributed by atoms with Gasteiger partial charge in [0.15, 0.2) is 0 Å². The molecule has 182 valence electrons. The van der Waals surface area contributed by atoms with Gasteiger partial charge in [-0.05, 0) is 55.8 Å². The molecule has 0 spiro atoms. The van der Waals surface area contributed by atoms with E-state index in [0.29, 0.717) is 29.6 Å². The summed E-state index contributed by atoms with van der Waals surface area (Å²) < 4.78 is 43.0. The van der Waals surface area contributed by atoms with Crippen molar-refractivity contribution in [3.05, 3.63) is 71.1 Å². The van der Waals surface area contributed by atoms with Crippen molar-refractivity contribution in [2.45, 2.75) is 57.0 Å². The number of fused-ring (bicyclic) bond motifs is 2. The Hall–Kier alpha value is -3.20. The largest absolute Gasteiger partial charge is 0.471 e. The molecule has 2 aromatic carbocycles. The van der Waals surface area contributed by atoms with Crippen LogP contribution < -0.4 is 0 Å². The van der Waals surface area contributed by atoms with Gasteiger partial charge in [0, 0.05) is 35.8 Å². The Balaban J connectivity index is 1.25. The Morgan fingerprint density at radius 3 is 2.63 bits per heavy atom. The van der Waals surface area contributed by atoms with Crippen LogP contribution in [0.15, 0.2) is 53.1 Å². The molecule has 1 unspecified atom stereocenters. The van der Waals surface area contributed by atoms with Crippen molar-refractivity contribution < 1.29 is 22.5 Å². The van der Waals surface area contributed by atoms with E-state index in [-0.39, 0.29) is 23.8 Å². The minimum atomic E-state index is -4.71. The van der Waals surface area contributed by atoms with Gasteiger partial charge in [-0.2, -0.15) is 18.2 Å². The van der Waals surface area contributed by atoms with Crippen LogP contribution in [0.25, 0.3) is 11.4 Å². The van der Waals surface area contributed by atoms with E-state index in [9.17, 15) is 18.0 Å². The topological polar surface area (TPSA) is 62.5 Å². The first-order valence-electron chi connectivity index (χ1n) is 12.0. The average molecular weight is 483 g/mol. The molecule has 0 bridgehead atoms. The molecular formula is C26H25F3N4O2. The smallest absolute Gasteiger partial charge is 0.330 e. The van der Waals surface area contributed by atoms with Gasteiger partial charge in [0.05, 0.1) is 0 Å². The third-order valence-electron chi connectivity index (χ3n) is 7.90. The molecule has 1 saturated heterocycles. The Morgan fingerprint density at radius 2 is 1.89 bits per heavy atom. The SMILES string of the molecule is CC(c1ccccc1)N1CC[C@H]2CC[C@H](N3Cc4ccc(-c5noc(C(F)(F)F)n5)cc4C3=O)[C@H]21. The average Bonchev–Trinajstić information content (AvgIpc) is 3.62. The van der Waals surface area contributed by atoms with Crippen molar-refractivity contribution in [3.8, 4) is 11.4 Å². The fourth-order valence-electron chi connectivity index (χ4n) is 6.21. The van der Waals surface area contributed by atoms with E-state index in [1.165, 1.54) is 5.56 Å². The zero-order valence-corrected chi connectivity index (χ0v) is 19.2. The number of benzene rings is 2. The van der Waals surface area contributed by atoms with Gasteiger partial charge < -0.3 is 9.42 Å². The Labute approximate surface area is 200 Å². The Bertz CT molecular complexity index is 1260. The van der Waals surface area contributed by atoms with E-state index in [4.69, 9.17) is 0 Å². The van der Waals surface area contributed by atoms with Crippen molar-refractivity contribution in [2.24, 2.45) is 5.92 Å². The van der Waals surface area contributed by atoms with Gasteiger partial charge in [-0.3, -0.25) is 9.69 Å². The van der Waals surface area contributed by atoms with Gasteiger partial charge in [0.1, 0.15) is 0 Å². The summed E-state index contributed by atoms with van der Waals surface area (Å²) >= 11 is 0. The number of halogens is 3. The van der Waals surface area contributed by atoms with E-state index in [2.05, 4.69) is 50.8 Å². The second-order valence-electron chi connectivity index (χ2n) is 9.73. The van der Waals surface area contributed by atoms with Crippen LogP contribution in [-0.4, -0.2) is 44.5 Å². The maximum absolute atomic E-state index is 13.5. The van der Waals surface area contributed by atoms with Gasteiger partial charge in [0.25, 0.3) is 5.91 Å². The quantitative estimate of drug-likeness (QED) is 0.503. The minimum absolute atomic E-state index is 0.0775. The van der Waals surface area contributed by atoms with Crippen molar-refractivity contribution in [2.75, 3.05) is 6.54 Å². The molecule has 3 heterocycles. The molecule has 3 aromatic rings. The third kappa shape index (κ3) is 3.73. The number of hydrogen-bond donors (Lipinski definition) is 0. The number of aromatic nitrogens is 2. The zero-order chi connectivity index (χ0) is 24.3. The number of hydrogen-bond acceptors (Lipinski definition) is 5. The van der Waals surface area contributed by atoms with E-state index in [0.717, 1.165) is 31.4 Å². The normalized spacial score (nSPS) is 25.2. The molecule has 1 aliphatic carbocycles. The molecule has 6 rings (SSSR count). The van der Waals surface area contributed by atoms with Crippen LogP contribution in [0.1, 0.15) is 59.6 Å². The summed E-state index contributed by atoms with van der Waals surface area (Å²) in [5.41, 5.74) is 2.99. The number of likely N-dealkylation sites (tertiary alicyclic amines) is 1. The van der Waals surface area contributed by atoms with Gasteiger partial charge in [0.2, 0.25) is 5.82 Å². The molecule has 2 aliphatic heterocycles. The van der Waals surface area contributed by atoms with Crippen LogP contribution in [0.2, 0.25) is 0 Å². The highest BCUT2D eigenvalue weighted by Gasteiger charge is 2.50. The van der Waals surface area contributed by atoms with E-state index < -0.39 is 12.1 Å². The fraction of sp³-hybridized carbons (Fsp3) is 0.423. The van der Waals surface area contributed by atoms with Crippen LogP contribution in [0.5, 0.6) is 0 Å². The minimum Gasteiger partial charge on any atom is -0.330 e. The molecule has 35 heavy (non-hydrogen) atoms. The predicted molar refractivity (Wildman–Crippen MR) is 121 cm³/mol. The molecular weight excluding hydrogens is 457 g/mol. The van der Waals surface area contributed by atoms with Gasteiger partial charge >= 0.3 is 12.1 Å². The van der Waals surface area contributed by atoms with E-state index in [1.54, 1.807) is 18.2 Å². The van der Waals surface area contributed by atoms with Crippen LogP contribution >= 0.6 is 0 Å². The monoisotopic (exact) mass is 482 g/mol. The van der Waals surface area contributed by atoms with Gasteiger partial charge in [-0.25, -0.2) is 0 Å². The van der Waals surface area contributed by atoms with Crippen LogP contribution in [0, 0.1) is 5.92 Å². The first kappa shape index (κ1) is 22.3. The third-order valence-corrected chi connectivity index (χ3v) is 7.90. The summed E-state index contributed by atoms with van der Waals surface area (Å²) in [6.07, 6.45) is -1.52. The summed E-state index contributed by atoms with van der Waals surface area (Å²) in [7, 11) is 0. The predicted octanol–water partition coefficient (Wildman–Crippen LogP) is 5.33. The lowest BCUT2D eigenvalue weighted by atomic mass is 10.00.